The van der Waals surface area contributed by atoms with Gasteiger partial charge in [0.15, 0.2) is 0 Å². The number of benzene rings is 1. The van der Waals surface area contributed by atoms with Crippen LogP contribution in [0.15, 0.2) is 35.9 Å². The van der Waals surface area contributed by atoms with E-state index in [1.165, 1.54) is 11.6 Å². The summed E-state index contributed by atoms with van der Waals surface area (Å²) in [5.74, 6) is -0.911. The van der Waals surface area contributed by atoms with Crippen molar-refractivity contribution in [2.24, 2.45) is 0 Å². The maximum absolute atomic E-state index is 10.5. The lowest BCUT2D eigenvalue weighted by atomic mass is 10.0. The summed E-state index contributed by atoms with van der Waals surface area (Å²) >= 11 is 0. The van der Waals surface area contributed by atoms with E-state index in [0.717, 1.165) is 16.7 Å². The predicted molar refractivity (Wildman–Crippen MR) is 67.1 cm³/mol. The molecule has 2 heteroatoms. The summed E-state index contributed by atoms with van der Waals surface area (Å²) in [5.41, 5.74) is 4.07. The van der Waals surface area contributed by atoms with Crippen molar-refractivity contribution in [3.05, 3.63) is 47.0 Å². The first-order valence-corrected chi connectivity index (χ1v) is 5.15. The molecular formula is C14H16O2. The Labute approximate surface area is 95.9 Å². The third kappa shape index (κ3) is 3.73. The molecule has 0 amide bonds. The molecule has 2 nitrogen and oxygen atoms in total. The van der Waals surface area contributed by atoms with Crippen molar-refractivity contribution in [3.8, 4) is 0 Å². The molecular weight excluding hydrogens is 200 g/mol. The highest BCUT2D eigenvalue weighted by Gasteiger charge is 1.98. The number of rotatable bonds is 3. The Hall–Kier alpha value is -1.83. The third-order valence-electron chi connectivity index (χ3n) is 2.16. The van der Waals surface area contributed by atoms with Gasteiger partial charge in [0.2, 0.25) is 0 Å². The lowest BCUT2D eigenvalue weighted by Crippen LogP contribution is -1.90. The molecule has 0 unspecified atom stereocenters. The standard InChI is InChI=1S/C14H16O2/c1-10(2)8-12-4-6-13(7-5-12)11(3)9-14(15)16/h4-9H,1-3H3,(H,15,16)/b11-9+. The summed E-state index contributed by atoms with van der Waals surface area (Å²) in [6, 6.07) is 7.84. The first-order chi connectivity index (χ1) is 7.49. The van der Waals surface area contributed by atoms with Crippen molar-refractivity contribution in [3.63, 3.8) is 0 Å². The molecule has 0 fully saturated rings. The summed E-state index contributed by atoms with van der Waals surface area (Å²) in [7, 11) is 0. The SMILES string of the molecule is CC(C)=Cc1ccc(/C(C)=C/C(=O)O)cc1. The fraction of sp³-hybridized carbons (Fsp3) is 0.214. The highest BCUT2D eigenvalue weighted by Crippen LogP contribution is 2.15. The van der Waals surface area contributed by atoms with E-state index in [1.807, 2.05) is 38.1 Å². The van der Waals surface area contributed by atoms with Crippen molar-refractivity contribution < 1.29 is 9.90 Å². The monoisotopic (exact) mass is 216 g/mol. The molecule has 0 bridgehead atoms. The molecule has 0 aromatic heterocycles. The molecule has 0 aliphatic rings. The molecule has 1 aromatic carbocycles. The Morgan fingerprint density at radius 3 is 2.12 bits per heavy atom. The molecule has 0 heterocycles. The van der Waals surface area contributed by atoms with E-state index in [1.54, 1.807) is 6.92 Å². The average Bonchev–Trinajstić information content (AvgIpc) is 2.16. The van der Waals surface area contributed by atoms with Crippen LogP contribution in [0.4, 0.5) is 0 Å². The Balaban J connectivity index is 2.95. The van der Waals surface area contributed by atoms with Crippen LogP contribution in [0.5, 0.6) is 0 Å². The molecule has 0 spiro atoms. The van der Waals surface area contributed by atoms with E-state index in [9.17, 15) is 4.79 Å². The van der Waals surface area contributed by atoms with Crippen LogP contribution in [-0.2, 0) is 4.79 Å². The van der Waals surface area contributed by atoms with Gasteiger partial charge in [-0.15, -0.1) is 0 Å². The first-order valence-electron chi connectivity index (χ1n) is 5.15. The summed E-state index contributed by atoms with van der Waals surface area (Å²) in [5, 5.41) is 8.63. The van der Waals surface area contributed by atoms with Gasteiger partial charge in [0.1, 0.15) is 0 Å². The normalized spacial score (nSPS) is 11.1. The number of carboxylic acid groups (broad SMARTS) is 1. The Morgan fingerprint density at radius 2 is 1.69 bits per heavy atom. The smallest absolute Gasteiger partial charge is 0.328 e. The lowest BCUT2D eigenvalue weighted by Gasteiger charge is -2.01. The van der Waals surface area contributed by atoms with E-state index in [2.05, 4.69) is 6.08 Å². The second-order valence-electron chi connectivity index (χ2n) is 4.01. The Kier molecular flexibility index (Phi) is 4.06. The first kappa shape index (κ1) is 12.2. The van der Waals surface area contributed by atoms with E-state index in [-0.39, 0.29) is 0 Å². The average molecular weight is 216 g/mol. The van der Waals surface area contributed by atoms with E-state index in [4.69, 9.17) is 5.11 Å². The van der Waals surface area contributed by atoms with Crippen LogP contribution in [0, 0.1) is 0 Å². The minimum atomic E-state index is -0.911. The fourth-order valence-electron chi connectivity index (χ4n) is 1.44. The van der Waals surface area contributed by atoms with Gasteiger partial charge in [-0.25, -0.2) is 4.79 Å². The Bertz CT molecular complexity index is 432. The number of hydrogen-bond acceptors (Lipinski definition) is 1. The van der Waals surface area contributed by atoms with Crippen LogP contribution in [-0.4, -0.2) is 11.1 Å². The van der Waals surface area contributed by atoms with Crippen molar-refractivity contribution in [2.75, 3.05) is 0 Å². The number of hydrogen-bond donors (Lipinski definition) is 1. The molecule has 0 aliphatic carbocycles. The van der Waals surface area contributed by atoms with Crippen LogP contribution in [0.1, 0.15) is 31.9 Å². The lowest BCUT2D eigenvalue weighted by molar-refractivity contribution is -0.131. The summed E-state index contributed by atoms with van der Waals surface area (Å²) in [6.07, 6.45) is 3.30. The maximum Gasteiger partial charge on any atom is 0.328 e. The van der Waals surface area contributed by atoms with E-state index in [0.29, 0.717) is 0 Å². The number of aliphatic carboxylic acids is 1. The van der Waals surface area contributed by atoms with Crippen LogP contribution in [0.3, 0.4) is 0 Å². The summed E-state index contributed by atoms with van der Waals surface area (Å²) in [6.45, 7) is 5.89. The zero-order valence-electron chi connectivity index (χ0n) is 9.82. The minimum absolute atomic E-state index is 0.760. The molecule has 0 saturated carbocycles. The van der Waals surface area contributed by atoms with Crippen LogP contribution >= 0.6 is 0 Å². The second kappa shape index (κ2) is 5.31. The van der Waals surface area contributed by atoms with Gasteiger partial charge in [0.25, 0.3) is 0 Å². The minimum Gasteiger partial charge on any atom is -0.478 e. The summed E-state index contributed by atoms with van der Waals surface area (Å²) < 4.78 is 0. The van der Waals surface area contributed by atoms with Crippen molar-refractivity contribution in [1.29, 1.82) is 0 Å². The Morgan fingerprint density at radius 1 is 1.12 bits per heavy atom. The maximum atomic E-state index is 10.5. The molecule has 0 saturated heterocycles. The van der Waals surface area contributed by atoms with Crippen molar-refractivity contribution in [1.82, 2.24) is 0 Å². The molecule has 16 heavy (non-hydrogen) atoms. The number of allylic oxidation sites excluding steroid dienone is 2. The topological polar surface area (TPSA) is 37.3 Å². The van der Waals surface area contributed by atoms with Crippen LogP contribution in [0.25, 0.3) is 11.6 Å². The largest absolute Gasteiger partial charge is 0.478 e. The van der Waals surface area contributed by atoms with Gasteiger partial charge >= 0.3 is 5.97 Å². The van der Waals surface area contributed by atoms with Crippen LogP contribution < -0.4 is 0 Å². The predicted octanol–water partition coefficient (Wildman–Crippen LogP) is 3.60. The third-order valence-corrected chi connectivity index (χ3v) is 2.16. The molecule has 1 aromatic rings. The van der Waals surface area contributed by atoms with Crippen molar-refractivity contribution >= 4 is 17.6 Å². The van der Waals surface area contributed by atoms with Gasteiger partial charge < -0.3 is 5.11 Å². The van der Waals surface area contributed by atoms with E-state index >= 15 is 0 Å². The zero-order chi connectivity index (χ0) is 12.1. The number of carbonyl (C=O) groups is 1. The fourth-order valence-corrected chi connectivity index (χ4v) is 1.44. The van der Waals surface area contributed by atoms with Gasteiger partial charge in [-0.05, 0) is 37.5 Å². The van der Waals surface area contributed by atoms with Gasteiger partial charge in [0, 0.05) is 6.08 Å². The van der Waals surface area contributed by atoms with E-state index < -0.39 is 5.97 Å². The molecule has 1 rings (SSSR count). The van der Waals surface area contributed by atoms with Crippen LogP contribution in [0.2, 0.25) is 0 Å². The summed E-state index contributed by atoms with van der Waals surface area (Å²) in [4.78, 5) is 10.5. The molecule has 0 aliphatic heterocycles. The highest BCUT2D eigenvalue weighted by molar-refractivity contribution is 5.89. The molecule has 0 atom stereocenters. The quantitative estimate of drug-likeness (QED) is 0.784. The number of carboxylic acids is 1. The molecule has 84 valence electrons. The molecule has 0 radical (unpaired) electrons. The van der Waals surface area contributed by atoms with Crippen molar-refractivity contribution in [2.45, 2.75) is 20.8 Å². The van der Waals surface area contributed by atoms with Gasteiger partial charge in [-0.1, -0.05) is 35.9 Å². The van der Waals surface area contributed by atoms with Gasteiger partial charge in [-0.3, -0.25) is 0 Å². The van der Waals surface area contributed by atoms with Gasteiger partial charge in [0.05, 0.1) is 0 Å². The van der Waals surface area contributed by atoms with Gasteiger partial charge in [-0.2, -0.15) is 0 Å². The zero-order valence-corrected chi connectivity index (χ0v) is 9.82. The highest BCUT2D eigenvalue weighted by atomic mass is 16.4. The molecule has 1 N–H and O–H groups in total. The second-order valence-corrected chi connectivity index (χ2v) is 4.01.